The lowest BCUT2D eigenvalue weighted by molar-refractivity contribution is -0.384. The molecule has 2 N–H and O–H groups in total. The Labute approximate surface area is 328 Å². The van der Waals surface area contributed by atoms with Crippen LogP contribution in [0.4, 0.5) is 5.69 Å². The third kappa shape index (κ3) is 9.26. The van der Waals surface area contributed by atoms with Gasteiger partial charge < -0.3 is 29.3 Å². The number of benzene rings is 2. The van der Waals surface area contributed by atoms with Crippen LogP contribution in [0.2, 0.25) is 0 Å². The first kappa shape index (κ1) is 40.4. The van der Waals surface area contributed by atoms with E-state index < -0.39 is 10.7 Å². The van der Waals surface area contributed by atoms with Crippen LogP contribution < -0.4 is 9.47 Å². The van der Waals surface area contributed by atoms with Crippen molar-refractivity contribution in [3.63, 3.8) is 0 Å². The molecule has 0 amide bonds. The third-order valence-electron chi connectivity index (χ3n) is 10.9. The van der Waals surface area contributed by atoms with E-state index in [1.165, 1.54) is 12.1 Å². The summed E-state index contributed by atoms with van der Waals surface area (Å²) in [6.45, 7) is 9.15. The Kier molecular flexibility index (Phi) is 14.0. The third-order valence-corrected chi connectivity index (χ3v) is 12.1. The van der Waals surface area contributed by atoms with Gasteiger partial charge in [-0.3, -0.25) is 15.1 Å². The second-order valence-corrected chi connectivity index (χ2v) is 15.9. The molecule has 294 valence electrons. The van der Waals surface area contributed by atoms with Gasteiger partial charge in [-0.1, -0.05) is 43.1 Å². The minimum atomic E-state index is -1.03. The molecule has 0 spiro atoms. The van der Waals surface area contributed by atoms with Crippen LogP contribution in [0.15, 0.2) is 90.1 Å². The average Bonchev–Trinajstić information content (AvgIpc) is 3.19. The van der Waals surface area contributed by atoms with Gasteiger partial charge >= 0.3 is 0 Å². The molecule has 2 heterocycles. The summed E-state index contributed by atoms with van der Waals surface area (Å²) in [4.78, 5) is 21.5. The van der Waals surface area contributed by atoms with Crippen molar-refractivity contribution in [1.82, 2.24) is 4.98 Å². The standard InChI is InChI=1S/C43H53N3O8S/c1-4-23-52-43-40(55-5-2)26-38(45-53-27-30-15-17-33(18-16-30)46(49)50)36-24-31(12-6-8-21-47)35(14-7-9-22-48)41(42(36)43)37-25-34(19-20-39(37)54-43)51-28-32-13-10-11-29(3)44-32/h4,10-11,13,15-20,24-25,31,35,40-42,47-48H,1,5-9,12,14,21-23,26-28H2,2-3H3. The first-order chi connectivity index (χ1) is 26.8. The molecule has 1 aromatic heterocycles. The summed E-state index contributed by atoms with van der Waals surface area (Å²) >= 11 is 1.78. The molecule has 1 saturated carbocycles. The van der Waals surface area contributed by atoms with Crippen molar-refractivity contribution in [1.29, 1.82) is 0 Å². The summed E-state index contributed by atoms with van der Waals surface area (Å²) in [6, 6.07) is 18.3. The zero-order chi connectivity index (χ0) is 38.8. The van der Waals surface area contributed by atoms with Gasteiger partial charge in [-0.25, -0.2) is 0 Å². The maximum absolute atomic E-state index is 11.2. The Morgan fingerprint density at radius 3 is 2.56 bits per heavy atom. The maximum Gasteiger partial charge on any atom is 0.269 e. The largest absolute Gasteiger partial charge is 0.487 e. The number of nitro benzene ring substituents is 1. The molecule has 6 atom stereocenters. The lowest BCUT2D eigenvalue weighted by atomic mass is 9.56. The smallest absolute Gasteiger partial charge is 0.269 e. The molecule has 0 bridgehead atoms. The molecular weight excluding hydrogens is 719 g/mol. The first-order valence-electron chi connectivity index (χ1n) is 19.4. The van der Waals surface area contributed by atoms with E-state index in [1.54, 1.807) is 30.0 Å². The van der Waals surface area contributed by atoms with Crippen LogP contribution in [0.3, 0.4) is 0 Å². The summed E-state index contributed by atoms with van der Waals surface area (Å²) in [7, 11) is 0. The Morgan fingerprint density at radius 2 is 1.85 bits per heavy atom. The zero-order valence-corrected chi connectivity index (χ0v) is 32.6. The Hall–Kier alpha value is -4.23. The number of thioether (sulfide) groups is 1. The number of hydrogen-bond acceptors (Lipinski definition) is 11. The predicted molar refractivity (Wildman–Crippen MR) is 214 cm³/mol. The summed E-state index contributed by atoms with van der Waals surface area (Å²) in [5.41, 5.74) is 5.51. The number of unbranched alkanes of at least 4 members (excludes halogenated alkanes) is 2. The zero-order valence-electron chi connectivity index (χ0n) is 31.8. The number of nitrogens with zero attached hydrogens (tertiary/aromatic N) is 3. The van der Waals surface area contributed by atoms with Crippen LogP contribution >= 0.6 is 11.8 Å². The molecule has 2 aromatic carbocycles. The fraction of sp³-hybridized carbons (Fsp3) is 0.488. The molecule has 1 aliphatic heterocycles. The van der Waals surface area contributed by atoms with Gasteiger partial charge in [-0.05, 0) is 104 Å². The monoisotopic (exact) mass is 771 g/mol. The van der Waals surface area contributed by atoms with E-state index in [1.807, 2.05) is 37.3 Å². The Morgan fingerprint density at radius 1 is 1.07 bits per heavy atom. The first-order valence-corrected chi connectivity index (χ1v) is 20.5. The van der Waals surface area contributed by atoms with Gasteiger partial charge in [0.1, 0.15) is 24.7 Å². The molecule has 6 unspecified atom stereocenters. The minimum absolute atomic E-state index is 0.0230. The second-order valence-electron chi connectivity index (χ2n) is 14.5. The normalized spacial score (nSPS) is 24.6. The fourth-order valence-corrected chi connectivity index (χ4v) is 9.68. The van der Waals surface area contributed by atoms with Crippen molar-refractivity contribution in [3.05, 3.63) is 118 Å². The molecule has 0 saturated heterocycles. The number of aromatic nitrogens is 1. The highest BCUT2D eigenvalue weighted by Gasteiger charge is 2.63. The molecule has 3 aliphatic rings. The molecule has 11 nitrogen and oxygen atoms in total. The van der Waals surface area contributed by atoms with Crippen LogP contribution in [-0.4, -0.2) is 62.4 Å². The number of aliphatic hydroxyl groups excluding tert-OH is 2. The van der Waals surface area contributed by atoms with Crippen molar-refractivity contribution in [2.75, 3.05) is 25.6 Å². The number of hydrogen-bond donors (Lipinski definition) is 2. The lowest BCUT2D eigenvalue weighted by Gasteiger charge is -2.58. The second kappa shape index (κ2) is 19.1. The quantitative estimate of drug-likeness (QED) is 0.0497. The number of rotatable bonds is 20. The van der Waals surface area contributed by atoms with Gasteiger partial charge in [0.05, 0.1) is 34.1 Å². The molecule has 12 heteroatoms. The van der Waals surface area contributed by atoms with E-state index in [0.29, 0.717) is 32.5 Å². The number of non-ortho nitro benzene ring substituents is 1. The van der Waals surface area contributed by atoms with Gasteiger partial charge in [0, 0.05) is 48.9 Å². The summed E-state index contributed by atoms with van der Waals surface area (Å²) in [6.07, 6.45) is 9.60. The van der Waals surface area contributed by atoms with Crippen LogP contribution in [0.1, 0.15) is 80.3 Å². The van der Waals surface area contributed by atoms with Crippen molar-refractivity contribution >= 4 is 23.2 Å². The summed E-state index contributed by atoms with van der Waals surface area (Å²) in [5, 5.41) is 35.5. The number of oxime groups is 1. The van der Waals surface area contributed by atoms with Crippen LogP contribution in [0.25, 0.3) is 0 Å². The van der Waals surface area contributed by atoms with Gasteiger partial charge in [-0.2, -0.15) is 11.8 Å². The maximum atomic E-state index is 11.2. The number of ether oxygens (including phenoxy) is 3. The van der Waals surface area contributed by atoms with E-state index >= 15 is 0 Å². The van der Waals surface area contributed by atoms with Crippen LogP contribution in [0, 0.1) is 34.8 Å². The predicted octanol–water partition coefficient (Wildman–Crippen LogP) is 8.46. The fourth-order valence-electron chi connectivity index (χ4n) is 8.50. The van der Waals surface area contributed by atoms with Crippen molar-refractivity contribution in [2.24, 2.45) is 22.9 Å². The summed E-state index contributed by atoms with van der Waals surface area (Å²) < 4.78 is 20.5. The Balaban J connectivity index is 1.46. The molecule has 1 fully saturated rings. The molecular formula is C43H53N3O8S. The van der Waals surface area contributed by atoms with E-state index in [2.05, 4.69) is 30.6 Å². The molecule has 6 rings (SSSR count). The number of aliphatic hydroxyl groups is 2. The molecule has 2 aliphatic carbocycles. The Bertz CT molecular complexity index is 1830. The number of aryl methyl sites for hydroxylation is 1. The minimum Gasteiger partial charge on any atom is -0.487 e. The molecule has 0 radical (unpaired) electrons. The van der Waals surface area contributed by atoms with E-state index in [4.69, 9.17) is 24.2 Å². The highest BCUT2D eigenvalue weighted by Crippen LogP contribution is 2.62. The highest BCUT2D eigenvalue weighted by atomic mass is 32.2. The molecule has 55 heavy (non-hydrogen) atoms. The number of pyridine rings is 1. The van der Waals surface area contributed by atoms with E-state index in [0.717, 1.165) is 76.7 Å². The summed E-state index contributed by atoms with van der Waals surface area (Å²) in [5.74, 6) is 1.32. The van der Waals surface area contributed by atoms with E-state index in [-0.39, 0.29) is 54.4 Å². The van der Waals surface area contributed by atoms with Gasteiger partial charge in [0.2, 0.25) is 5.79 Å². The van der Waals surface area contributed by atoms with Crippen molar-refractivity contribution < 1.29 is 34.2 Å². The lowest BCUT2D eigenvalue weighted by Crippen LogP contribution is -2.64. The molecule has 3 aromatic rings. The van der Waals surface area contributed by atoms with Crippen LogP contribution in [-0.2, 0) is 22.8 Å². The average molecular weight is 772 g/mol. The van der Waals surface area contributed by atoms with E-state index in [9.17, 15) is 20.3 Å². The van der Waals surface area contributed by atoms with Crippen molar-refractivity contribution in [3.8, 4) is 11.5 Å². The van der Waals surface area contributed by atoms with Crippen molar-refractivity contribution in [2.45, 2.75) is 89.0 Å². The van der Waals surface area contributed by atoms with Gasteiger partial charge in [0.25, 0.3) is 5.69 Å². The topological polar surface area (TPSA) is 146 Å². The number of allylic oxidation sites excluding steroid dienone is 1. The number of fused-ring (bicyclic) bond motifs is 2. The van der Waals surface area contributed by atoms with Crippen LogP contribution in [0.5, 0.6) is 11.5 Å². The highest BCUT2D eigenvalue weighted by molar-refractivity contribution is 8.00. The van der Waals surface area contributed by atoms with Gasteiger partial charge in [-0.15, -0.1) is 6.58 Å². The number of nitro groups is 1. The van der Waals surface area contributed by atoms with Gasteiger partial charge in [0.15, 0.2) is 0 Å². The SMILES string of the molecule is C=CCOC12Oc3ccc(OCc4cccc(C)n4)cc3C3C(CCCCO)C(CCCCO)C=C(C(=NOCc4ccc([N+](=O)[O-])cc4)CC1SCC)C32.